The van der Waals surface area contributed by atoms with Crippen molar-refractivity contribution in [2.24, 2.45) is 28.6 Å². The Morgan fingerprint density at radius 3 is 2.56 bits per heavy atom. The van der Waals surface area contributed by atoms with Crippen molar-refractivity contribution < 1.29 is 18.7 Å². The van der Waals surface area contributed by atoms with Crippen molar-refractivity contribution in [3.8, 4) is 0 Å². The van der Waals surface area contributed by atoms with Gasteiger partial charge in [-0.1, -0.05) is 25.5 Å². The first-order chi connectivity index (χ1) is 11.8. The van der Waals surface area contributed by atoms with E-state index in [-0.39, 0.29) is 34.7 Å². The van der Waals surface area contributed by atoms with Crippen LogP contribution in [0.5, 0.6) is 0 Å². The van der Waals surface area contributed by atoms with E-state index in [1.54, 1.807) is 0 Å². The molecular weight excluding hydrogens is 319 g/mol. The van der Waals surface area contributed by atoms with Crippen molar-refractivity contribution in [3.63, 3.8) is 0 Å². The highest BCUT2D eigenvalue weighted by Gasteiger charge is 2.61. The molecule has 0 aromatic rings. The maximum absolute atomic E-state index is 15.3. The first-order valence-electron chi connectivity index (χ1n) is 9.81. The number of esters is 1. The highest BCUT2D eigenvalue weighted by molar-refractivity contribution is 5.87. The molecule has 0 aromatic heterocycles. The van der Waals surface area contributed by atoms with Crippen LogP contribution in [0, 0.1) is 28.6 Å². The number of ether oxygens (including phenoxy) is 1. The summed E-state index contributed by atoms with van der Waals surface area (Å²) in [7, 11) is 0. The summed E-state index contributed by atoms with van der Waals surface area (Å²) in [4.78, 5) is 23.7. The van der Waals surface area contributed by atoms with Gasteiger partial charge in [0.2, 0.25) is 0 Å². The Kier molecular flexibility index (Phi) is 3.90. The third-order valence-corrected chi connectivity index (χ3v) is 8.09. The number of alkyl halides is 1. The van der Waals surface area contributed by atoms with Crippen LogP contribution in [-0.4, -0.2) is 24.0 Å². The van der Waals surface area contributed by atoms with Crippen LogP contribution in [0.2, 0.25) is 0 Å². The van der Waals surface area contributed by atoms with Gasteiger partial charge in [-0.3, -0.25) is 9.59 Å². The van der Waals surface area contributed by atoms with Crippen molar-refractivity contribution in [3.05, 3.63) is 11.6 Å². The number of carbonyl (C=O) groups excluding carboxylic acids is 2. The number of hydrogen-bond donors (Lipinski definition) is 0. The topological polar surface area (TPSA) is 43.4 Å². The highest BCUT2D eigenvalue weighted by Crippen LogP contribution is 2.64. The number of fused-ring (bicyclic) bond motifs is 5. The second-order valence-corrected chi connectivity index (χ2v) is 9.24. The molecule has 3 unspecified atom stereocenters. The Labute approximate surface area is 149 Å². The summed E-state index contributed by atoms with van der Waals surface area (Å²) >= 11 is 0. The van der Waals surface area contributed by atoms with Crippen LogP contribution in [0.4, 0.5) is 4.39 Å². The Balaban J connectivity index is 1.65. The third-order valence-electron chi connectivity index (χ3n) is 8.09. The van der Waals surface area contributed by atoms with E-state index in [0.29, 0.717) is 24.5 Å². The largest absolute Gasteiger partial charge is 0.462 e. The third kappa shape index (κ3) is 2.43. The number of carbonyl (C=O) groups is 2. The Morgan fingerprint density at radius 1 is 1.16 bits per heavy atom. The van der Waals surface area contributed by atoms with Gasteiger partial charge in [-0.15, -0.1) is 0 Å². The molecule has 0 spiro atoms. The molecular formula is C21H29FO3. The zero-order chi connectivity index (χ0) is 18.0. The molecule has 4 aliphatic carbocycles. The molecule has 3 fully saturated rings. The molecule has 0 amide bonds. The van der Waals surface area contributed by atoms with Gasteiger partial charge in [-0.2, -0.15) is 0 Å². The van der Waals surface area contributed by atoms with Crippen LogP contribution >= 0.6 is 0 Å². The van der Waals surface area contributed by atoms with E-state index in [0.717, 1.165) is 37.7 Å². The van der Waals surface area contributed by atoms with E-state index >= 15 is 4.39 Å². The standard InChI is InChI=1S/C21H29FO3/c1-12(23)25-14-6-8-20(2)13(10-14)11-17(22)19-15-4-5-18(24)21(15,3)9-7-16(19)20/h11,14-17,19H,4-10H2,1-3H3/t14-,15?,16?,17-,19?,20-,21-/m0/s1. The van der Waals surface area contributed by atoms with Crippen molar-refractivity contribution in [1.82, 2.24) is 0 Å². The molecule has 7 atom stereocenters. The average molecular weight is 348 g/mol. The smallest absolute Gasteiger partial charge is 0.302 e. The fraction of sp³-hybridized carbons (Fsp3) is 0.810. The van der Waals surface area contributed by atoms with Gasteiger partial charge in [-0.05, 0) is 49.4 Å². The lowest BCUT2D eigenvalue weighted by atomic mass is 9.47. The summed E-state index contributed by atoms with van der Waals surface area (Å²) in [6.45, 7) is 5.80. The molecule has 4 heteroatoms. The number of ketones is 1. The van der Waals surface area contributed by atoms with Crippen molar-refractivity contribution in [2.45, 2.75) is 78.0 Å². The van der Waals surface area contributed by atoms with Crippen molar-refractivity contribution in [1.29, 1.82) is 0 Å². The summed E-state index contributed by atoms with van der Waals surface area (Å²) in [6.07, 6.45) is 6.53. The maximum atomic E-state index is 15.3. The minimum Gasteiger partial charge on any atom is -0.462 e. The van der Waals surface area contributed by atoms with Crippen LogP contribution in [0.1, 0.15) is 65.7 Å². The fourth-order valence-corrected chi connectivity index (χ4v) is 6.68. The van der Waals surface area contributed by atoms with E-state index in [9.17, 15) is 9.59 Å². The van der Waals surface area contributed by atoms with Crippen LogP contribution < -0.4 is 0 Å². The van der Waals surface area contributed by atoms with Gasteiger partial charge in [0.05, 0.1) is 0 Å². The lowest BCUT2D eigenvalue weighted by molar-refractivity contribution is -0.149. The average Bonchev–Trinajstić information content (AvgIpc) is 2.84. The summed E-state index contributed by atoms with van der Waals surface area (Å²) in [5.74, 6) is 0.572. The Morgan fingerprint density at radius 2 is 1.84 bits per heavy atom. The van der Waals surface area contributed by atoms with Gasteiger partial charge in [0.1, 0.15) is 18.1 Å². The molecule has 4 rings (SSSR count). The number of hydrogen-bond acceptors (Lipinski definition) is 3. The predicted molar refractivity (Wildman–Crippen MR) is 92.5 cm³/mol. The predicted octanol–water partition coefficient (Wildman–Crippen LogP) is 4.40. The minimum atomic E-state index is -0.973. The van der Waals surface area contributed by atoms with Gasteiger partial charge in [0, 0.05) is 31.1 Å². The summed E-state index contributed by atoms with van der Waals surface area (Å²) in [5, 5.41) is 0. The van der Waals surface area contributed by atoms with Gasteiger partial charge in [0.25, 0.3) is 0 Å². The van der Waals surface area contributed by atoms with Crippen LogP contribution in [0.15, 0.2) is 11.6 Å². The second-order valence-electron chi connectivity index (χ2n) is 9.24. The quantitative estimate of drug-likeness (QED) is 0.521. The minimum absolute atomic E-state index is 0.00310. The lowest BCUT2D eigenvalue weighted by Gasteiger charge is -2.57. The SMILES string of the molecule is CC(=O)O[C@H]1CC[C@@]2(C)C(=C[C@H](F)C3C2CC[C@]2(C)C(=O)CCC32)C1. The van der Waals surface area contributed by atoms with Crippen molar-refractivity contribution in [2.75, 3.05) is 0 Å². The fourth-order valence-electron chi connectivity index (χ4n) is 6.68. The van der Waals surface area contributed by atoms with Gasteiger partial charge >= 0.3 is 5.97 Å². The Bertz CT molecular complexity index is 641. The maximum Gasteiger partial charge on any atom is 0.302 e. The first kappa shape index (κ1) is 17.2. The molecule has 0 aromatic carbocycles. The van der Waals surface area contributed by atoms with E-state index in [2.05, 4.69) is 13.8 Å². The van der Waals surface area contributed by atoms with Gasteiger partial charge in [-0.25, -0.2) is 4.39 Å². The van der Waals surface area contributed by atoms with Gasteiger partial charge < -0.3 is 4.74 Å². The molecule has 138 valence electrons. The highest BCUT2D eigenvalue weighted by atomic mass is 19.1. The second kappa shape index (κ2) is 5.65. The normalized spacial score (nSPS) is 48.9. The number of allylic oxidation sites excluding steroid dienone is 1. The molecule has 25 heavy (non-hydrogen) atoms. The van der Waals surface area contributed by atoms with E-state index in [1.807, 2.05) is 6.08 Å². The lowest BCUT2D eigenvalue weighted by Crippen LogP contribution is -2.54. The van der Waals surface area contributed by atoms with Crippen LogP contribution in [-0.2, 0) is 14.3 Å². The van der Waals surface area contributed by atoms with E-state index < -0.39 is 6.17 Å². The molecule has 4 aliphatic rings. The molecule has 0 radical (unpaired) electrons. The molecule has 0 heterocycles. The zero-order valence-electron chi connectivity index (χ0n) is 15.5. The van der Waals surface area contributed by atoms with Gasteiger partial charge in [0.15, 0.2) is 0 Å². The number of halogens is 1. The number of rotatable bonds is 1. The molecule has 0 aliphatic heterocycles. The molecule has 0 bridgehead atoms. The molecule has 0 saturated heterocycles. The Hall–Kier alpha value is -1.19. The molecule has 3 saturated carbocycles. The van der Waals surface area contributed by atoms with Crippen LogP contribution in [0.3, 0.4) is 0 Å². The molecule has 3 nitrogen and oxygen atoms in total. The monoisotopic (exact) mass is 348 g/mol. The zero-order valence-corrected chi connectivity index (χ0v) is 15.5. The summed E-state index contributed by atoms with van der Waals surface area (Å²) in [6, 6.07) is 0. The van der Waals surface area contributed by atoms with E-state index in [4.69, 9.17) is 4.74 Å². The molecule has 0 N–H and O–H groups in total. The summed E-state index contributed by atoms with van der Waals surface area (Å²) < 4.78 is 20.7. The van der Waals surface area contributed by atoms with E-state index in [1.165, 1.54) is 6.92 Å². The number of Topliss-reactive ketones (excluding diaryl/α,β-unsaturated/α-hetero) is 1. The summed E-state index contributed by atoms with van der Waals surface area (Å²) in [5.41, 5.74) is 0.839. The first-order valence-corrected chi connectivity index (χ1v) is 9.81. The van der Waals surface area contributed by atoms with Crippen LogP contribution in [0.25, 0.3) is 0 Å². The van der Waals surface area contributed by atoms with Crippen molar-refractivity contribution >= 4 is 11.8 Å².